The van der Waals surface area contributed by atoms with Crippen LogP contribution in [0.3, 0.4) is 0 Å². The zero-order chi connectivity index (χ0) is 15.2. The predicted octanol–water partition coefficient (Wildman–Crippen LogP) is 1.10. The van der Waals surface area contributed by atoms with Crippen LogP contribution in [-0.4, -0.2) is 27.2 Å². The van der Waals surface area contributed by atoms with Gasteiger partial charge in [-0.1, -0.05) is 11.8 Å². The molecule has 0 aliphatic carbocycles. The number of aryl methyl sites for hydroxylation is 1. The van der Waals surface area contributed by atoms with Crippen LogP contribution in [0.2, 0.25) is 0 Å². The molecule has 0 fully saturated rings. The lowest BCUT2D eigenvalue weighted by atomic mass is 10.1. The smallest absolute Gasteiger partial charge is 0.249 e. The molecule has 1 atom stereocenters. The molecule has 0 spiro atoms. The van der Waals surface area contributed by atoms with E-state index in [4.69, 9.17) is 5.73 Å². The molecule has 0 aliphatic heterocycles. The molecular weight excluding hydrogens is 266 g/mol. The maximum absolute atomic E-state index is 12.2. The van der Waals surface area contributed by atoms with Crippen LogP contribution in [0.1, 0.15) is 24.1 Å². The Bertz CT molecular complexity index is 682. The first-order chi connectivity index (χ1) is 10.1. The molecule has 0 saturated heterocycles. The Kier molecular flexibility index (Phi) is 4.69. The summed E-state index contributed by atoms with van der Waals surface area (Å²) >= 11 is 0. The van der Waals surface area contributed by atoms with E-state index in [0.717, 1.165) is 11.1 Å². The van der Waals surface area contributed by atoms with Gasteiger partial charge in [-0.15, -0.1) is 0 Å². The lowest BCUT2D eigenvalue weighted by Crippen LogP contribution is -2.24. The number of hydrogen-bond acceptors (Lipinski definition) is 4. The number of benzene rings is 1. The van der Waals surface area contributed by atoms with Crippen molar-refractivity contribution in [2.75, 3.05) is 11.9 Å². The molecule has 0 bridgehead atoms. The van der Waals surface area contributed by atoms with E-state index in [1.807, 2.05) is 25.1 Å². The molecule has 6 nitrogen and oxygen atoms in total. The lowest BCUT2D eigenvalue weighted by Gasteiger charge is -2.12. The van der Waals surface area contributed by atoms with E-state index in [0.29, 0.717) is 12.2 Å². The van der Waals surface area contributed by atoms with Gasteiger partial charge in [-0.05, 0) is 37.6 Å². The Labute approximate surface area is 123 Å². The fourth-order valence-electron chi connectivity index (χ4n) is 1.86. The summed E-state index contributed by atoms with van der Waals surface area (Å²) in [7, 11) is 0. The zero-order valence-electron chi connectivity index (χ0n) is 12.0. The largest absolute Gasteiger partial charge is 0.324 e. The van der Waals surface area contributed by atoms with Crippen LogP contribution >= 0.6 is 0 Å². The third-order valence-corrected chi connectivity index (χ3v) is 2.89. The van der Waals surface area contributed by atoms with E-state index in [-0.39, 0.29) is 5.91 Å². The molecule has 0 radical (unpaired) electrons. The standard InChI is InChI=1S/C15H17N5O/c1-11-6-13(4-3-5-16)8-14(7-11)19-15(21)12(2)20-10-17-9-18-20/h6-10,12H,5,16H2,1-2H3,(H,19,21). The molecule has 2 aromatic rings. The first-order valence-electron chi connectivity index (χ1n) is 6.55. The van der Waals surface area contributed by atoms with Crippen molar-refractivity contribution in [1.82, 2.24) is 14.8 Å². The van der Waals surface area contributed by atoms with Crippen LogP contribution in [0.5, 0.6) is 0 Å². The Hall–Kier alpha value is -2.65. The summed E-state index contributed by atoms with van der Waals surface area (Å²) in [6, 6.07) is 5.21. The number of aromatic nitrogens is 3. The van der Waals surface area contributed by atoms with Crippen molar-refractivity contribution in [3.63, 3.8) is 0 Å². The van der Waals surface area contributed by atoms with Gasteiger partial charge in [0.2, 0.25) is 5.91 Å². The van der Waals surface area contributed by atoms with Crippen molar-refractivity contribution in [2.45, 2.75) is 19.9 Å². The zero-order valence-corrected chi connectivity index (χ0v) is 12.0. The van der Waals surface area contributed by atoms with Crippen LogP contribution in [-0.2, 0) is 4.79 Å². The quantitative estimate of drug-likeness (QED) is 0.826. The minimum absolute atomic E-state index is 0.163. The first kappa shape index (κ1) is 14.8. The molecule has 21 heavy (non-hydrogen) atoms. The Morgan fingerprint density at radius 3 is 2.95 bits per heavy atom. The fourth-order valence-corrected chi connectivity index (χ4v) is 1.86. The highest BCUT2D eigenvalue weighted by atomic mass is 16.2. The summed E-state index contributed by atoms with van der Waals surface area (Å²) in [5.41, 5.74) is 7.91. The van der Waals surface area contributed by atoms with Gasteiger partial charge in [0.05, 0.1) is 6.54 Å². The monoisotopic (exact) mass is 283 g/mol. The van der Waals surface area contributed by atoms with Crippen molar-refractivity contribution in [1.29, 1.82) is 0 Å². The molecule has 1 unspecified atom stereocenters. The second-order valence-electron chi connectivity index (χ2n) is 4.63. The normalized spacial score (nSPS) is 11.4. The predicted molar refractivity (Wildman–Crippen MR) is 80.5 cm³/mol. The molecule has 1 aromatic carbocycles. The molecule has 6 heteroatoms. The minimum Gasteiger partial charge on any atom is -0.324 e. The number of amides is 1. The SMILES string of the molecule is Cc1cc(C#CCN)cc(NC(=O)C(C)n2cncn2)c1. The van der Waals surface area contributed by atoms with Gasteiger partial charge in [-0.3, -0.25) is 4.79 Å². The molecule has 3 N–H and O–H groups in total. The maximum Gasteiger partial charge on any atom is 0.249 e. The number of anilines is 1. The third-order valence-electron chi connectivity index (χ3n) is 2.89. The van der Waals surface area contributed by atoms with Gasteiger partial charge >= 0.3 is 0 Å². The van der Waals surface area contributed by atoms with Crippen LogP contribution < -0.4 is 11.1 Å². The van der Waals surface area contributed by atoms with Crippen molar-refractivity contribution < 1.29 is 4.79 Å². The van der Waals surface area contributed by atoms with Crippen molar-refractivity contribution in [2.24, 2.45) is 5.73 Å². The molecule has 0 aliphatic rings. The number of carbonyl (C=O) groups excluding carboxylic acids is 1. The second kappa shape index (κ2) is 6.68. The maximum atomic E-state index is 12.2. The van der Waals surface area contributed by atoms with Gasteiger partial charge in [-0.2, -0.15) is 5.10 Å². The van der Waals surface area contributed by atoms with Gasteiger partial charge in [-0.25, -0.2) is 9.67 Å². The number of nitrogens with one attached hydrogen (secondary N) is 1. The van der Waals surface area contributed by atoms with Crippen LogP contribution in [0.25, 0.3) is 0 Å². The van der Waals surface area contributed by atoms with Crippen LogP contribution in [0, 0.1) is 18.8 Å². The molecule has 1 heterocycles. The van der Waals surface area contributed by atoms with Crippen LogP contribution in [0.15, 0.2) is 30.9 Å². The molecule has 2 rings (SSSR count). The molecular formula is C15H17N5O. The molecule has 108 valence electrons. The van der Waals surface area contributed by atoms with E-state index in [2.05, 4.69) is 27.2 Å². The summed E-state index contributed by atoms with van der Waals surface area (Å²) in [5, 5.41) is 6.82. The lowest BCUT2D eigenvalue weighted by molar-refractivity contribution is -0.119. The molecule has 0 saturated carbocycles. The summed E-state index contributed by atoms with van der Waals surface area (Å²) in [4.78, 5) is 16.0. The summed E-state index contributed by atoms with van der Waals surface area (Å²) < 4.78 is 1.50. The fraction of sp³-hybridized carbons (Fsp3) is 0.267. The molecule has 1 aromatic heterocycles. The highest BCUT2D eigenvalue weighted by Gasteiger charge is 2.15. The van der Waals surface area contributed by atoms with E-state index in [1.54, 1.807) is 6.92 Å². The Morgan fingerprint density at radius 2 is 2.29 bits per heavy atom. The summed E-state index contributed by atoms with van der Waals surface area (Å²) in [5.74, 6) is 5.60. The highest BCUT2D eigenvalue weighted by Crippen LogP contribution is 2.16. The second-order valence-corrected chi connectivity index (χ2v) is 4.63. The van der Waals surface area contributed by atoms with E-state index in [9.17, 15) is 4.79 Å². The average molecular weight is 283 g/mol. The number of nitrogens with two attached hydrogens (primary N) is 1. The number of nitrogens with zero attached hydrogens (tertiary/aromatic N) is 3. The van der Waals surface area contributed by atoms with Crippen LogP contribution in [0.4, 0.5) is 5.69 Å². The Balaban J connectivity index is 2.15. The first-order valence-corrected chi connectivity index (χ1v) is 6.55. The van der Waals surface area contributed by atoms with Gasteiger partial charge < -0.3 is 11.1 Å². The summed E-state index contributed by atoms with van der Waals surface area (Å²) in [6.07, 6.45) is 2.91. The van der Waals surface area contributed by atoms with Crippen molar-refractivity contribution in [3.8, 4) is 11.8 Å². The third kappa shape index (κ3) is 3.91. The average Bonchev–Trinajstić information content (AvgIpc) is 2.97. The number of hydrogen-bond donors (Lipinski definition) is 2. The minimum atomic E-state index is -0.438. The van der Waals surface area contributed by atoms with Crippen molar-refractivity contribution in [3.05, 3.63) is 42.0 Å². The highest BCUT2D eigenvalue weighted by molar-refractivity contribution is 5.93. The van der Waals surface area contributed by atoms with Crippen molar-refractivity contribution >= 4 is 11.6 Å². The van der Waals surface area contributed by atoms with E-state index >= 15 is 0 Å². The van der Waals surface area contributed by atoms with Gasteiger partial charge in [0, 0.05) is 11.3 Å². The van der Waals surface area contributed by atoms with E-state index < -0.39 is 6.04 Å². The molecule has 1 amide bonds. The topological polar surface area (TPSA) is 85.8 Å². The number of carbonyl (C=O) groups is 1. The van der Waals surface area contributed by atoms with Gasteiger partial charge in [0.1, 0.15) is 18.7 Å². The summed E-state index contributed by atoms with van der Waals surface area (Å²) in [6.45, 7) is 4.01. The van der Waals surface area contributed by atoms with Gasteiger partial charge in [0.25, 0.3) is 0 Å². The number of rotatable bonds is 3. The van der Waals surface area contributed by atoms with E-state index in [1.165, 1.54) is 17.3 Å². The van der Waals surface area contributed by atoms with Gasteiger partial charge in [0.15, 0.2) is 0 Å². The Morgan fingerprint density at radius 1 is 1.48 bits per heavy atom.